The van der Waals surface area contributed by atoms with E-state index in [1.54, 1.807) is 30.7 Å². The fourth-order valence-corrected chi connectivity index (χ4v) is 2.98. The number of aromatic nitrogens is 2. The molecule has 122 valence electrons. The molecule has 0 bridgehead atoms. The van der Waals surface area contributed by atoms with Gasteiger partial charge in [0, 0.05) is 27.2 Å². The molecule has 0 fully saturated rings. The van der Waals surface area contributed by atoms with Crippen molar-refractivity contribution in [1.82, 2.24) is 14.9 Å². The topological polar surface area (TPSA) is 46.9 Å². The average Bonchev–Trinajstić information content (AvgIpc) is 3.12. The molecule has 24 heavy (non-hydrogen) atoms. The fourth-order valence-electron chi connectivity index (χ4n) is 2.35. The van der Waals surface area contributed by atoms with Crippen molar-refractivity contribution in [3.8, 4) is 5.69 Å². The summed E-state index contributed by atoms with van der Waals surface area (Å²) in [5, 5.41) is 3.66. The summed E-state index contributed by atoms with van der Waals surface area (Å²) in [7, 11) is 0. The molecule has 1 amide bonds. The fraction of sp³-hybridized carbons (Fsp3) is 0.111. The van der Waals surface area contributed by atoms with Gasteiger partial charge < -0.3 is 9.88 Å². The second kappa shape index (κ2) is 7.36. The lowest BCUT2D eigenvalue weighted by molar-refractivity contribution is 0.0940. The molecule has 0 aliphatic heterocycles. The van der Waals surface area contributed by atoms with Gasteiger partial charge in [0.25, 0.3) is 5.91 Å². The summed E-state index contributed by atoms with van der Waals surface area (Å²) >= 11 is 8.12. The first-order chi connectivity index (χ1) is 11.5. The van der Waals surface area contributed by atoms with Gasteiger partial charge in [0.15, 0.2) is 0 Å². The van der Waals surface area contributed by atoms with Crippen molar-refractivity contribution in [3.05, 3.63) is 80.9 Å². The van der Waals surface area contributed by atoms with Crippen LogP contribution in [0.4, 0.5) is 0 Å². The number of rotatable bonds is 4. The van der Waals surface area contributed by atoms with Crippen LogP contribution >= 0.6 is 34.2 Å². The van der Waals surface area contributed by atoms with E-state index in [1.807, 2.05) is 42.0 Å². The minimum Gasteiger partial charge on any atom is -0.346 e. The van der Waals surface area contributed by atoms with Crippen molar-refractivity contribution in [3.63, 3.8) is 0 Å². The number of halogens is 2. The first-order valence-electron chi connectivity index (χ1n) is 7.39. The lowest BCUT2D eigenvalue weighted by atomic mass is 10.1. The molecule has 1 heterocycles. The van der Waals surface area contributed by atoms with Crippen LogP contribution in [0.15, 0.2) is 61.2 Å². The molecule has 0 saturated heterocycles. The van der Waals surface area contributed by atoms with Crippen molar-refractivity contribution in [2.75, 3.05) is 0 Å². The summed E-state index contributed by atoms with van der Waals surface area (Å²) in [5.41, 5.74) is 2.67. The van der Waals surface area contributed by atoms with Gasteiger partial charge in [-0.3, -0.25) is 4.79 Å². The number of nitrogens with one attached hydrogen (secondary N) is 1. The Labute approximate surface area is 159 Å². The Morgan fingerprint density at radius 2 is 2.00 bits per heavy atom. The van der Waals surface area contributed by atoms with Crippen molar-refractivity contribution >= 4 is 40.1 Å². The van der Waals surface area contributed by atoms with Gasteiger partial charge in [-0.1, -0.05) is 23.7 Å². The maximum atomic E-state index is 12.4. The van der Waals surface area contributed by atoms with Crippen molar-refractivity contribution < 1.29 is 4.79 Å². The van der Waals surface area contributed by atoms with Crippen LogP contribution in [-0.4, -0.2) is 15.5 Å². The molecule has 4 nitrogen and oxygen atoms in total. The van der Waals surface area contributed by atoms with Gasteiger partial charge in [0.05, 0.1) is 17.4 Å². The van der Waals surface area contributed by atoms with E-state index < -0.39 is 0 Å². The molecule has 1 unspecified atom stereocenters. The van der Waals surface area contributed by atoms with Crippen LogP contribution < -0.4 is 5.32 Å². The summed E-state index contributed by atoms with van der Waals surface area (Å²) in [5.74, 6) is -0.115. The Kier molecular flexibility index (Phi) is 5.20. The maximum Gasteiger partial charge on any atom is 0.251 e. The zero-order valence-corrected chi connectivity index (χ0v) is 15.8. The number of imidazole rings is 1. The third-order valence-electron chi connectivity index (χ3n) is 3.73. The second-order valence-corrected chi connectivity index (χ2v) is 6.95. The van der Waals surface area contributed by atoms with E-state index in [-0.39, 0.29) is 11.9 Å². The van der Waals surface area contributed by atoms with Crippen LogP contribution in [0.3, 0.4) is 0 Å². The van der Waals surface area contributed by atoms with E-state index in [1.165, 1.54) is 0 Å². The van der Waals surface area contributed by atoms with E-state index in [9.17, 15) is 4.79 Å². The van der Waals surface area contributed by atoms with Gasteiger partial charge in [0.2, 0.25) is 0 Å². The molecule has 0 spiro atoms. The Bertz CT molecular complexity index is 847. The largest absolute Gasteiger partial charge is 0.346 e. The van der Waals surface area contributed by atoms with Gasteiger partial charge in [-0.2, -0.15) is 0 Å². The average molecular weight is 452 g/mol. The maximum absolute atomic E-state index is 12.4. The smallest absolute Gasteiger partial charge is 0.251 e. The number of benzene rings is 2. The molecule has 1 N–H and O–H groups in total. The Morgan fingerprint density at radius 1 is 1.25 bits per heavy atom. The van der Waals surface area contributed by atoms with E-state index in [0.717, 1.165) is 14.8 Å². The number of nitrogens with zero attached hydrogens (tertiary/aromatic N) is 2. The molecule has 1 aromatic heterocycles. The number of hydrogen-bond donors (Lipinski definition) is 1. The second-order valence-electron chi connectivity index (χ2n) is 5.39. The lowest BCUT2D eigenvalue weighted by Gasteiger charge is -2.15. The standard InChI is InChI=1S/C18H15ClIN3O/c1-12(22-18(24)14-4-7-16(19)17(20)10-14)13-2-5-15(6-3-13)23-9-8-21-11-23/h2-12H,1H3,(H,22,24). The summed E-state index contributed by atoms with van der Waals surface area (Å²) in [4.78, 5) is 16.4. The number of hydrogen-bond acceptors (Lipinski definition) is 2. The summed E-state index contributed by atoms with van der Waals surface area (Å²) in [6.07, 6.45) is 5.38. The molecule has 2 aromatic carbocycles. The molecule has 0 aliphatic carbocycles. The van der Waals surface area contributed by atoms with E-state index in [0.29, 0.717) is 10.6 Å². The van der Waals surface area contributed by atoms with E-state index in [4.69, 9.17) is 11.6 Å². The summed E-state index contributed by atoms with van der Waals surface area (Å²) in [6.45, 7) is 1.96. The molecule has 6 heteroatoms. The van der Waals surface area contributed by atoms with Crippen molar-refractivity contribution in [2.24, 2.45) is 0 Å². The van der Waals surface area contributed by atoms with Gasteiger partial charge >= 0.3 is 0 Å². The Morgan fingerprint density at radius 3 is 2.62 bits per heavy atom. The molecular weight excluding hydrogens is 437 g/mol. The van der Waals surface area contributed by atoms with Gasteiger partial charge in [-0.25, -0.2) is 4.98 Å². The molecular formula is C18H15ClIN3O. The quantitative estimate of drug-likeness (QED) is 0.588. The van der Waals surface area contributed by atoms with Crippen LogP contribution in [0.25, 0.3) is 5.69 Å². The highest BCUT2D eigenvalue weighted by Gasteiger charge is 2.12. The van der Waals surface area contributed by atoms with Crippen molar-refractivity contribution in [2.45, 2.75) is 13.0 Å². The highest BCUT2D eigenvalue weighted by molar-refractivity contribution is 14.1. The molecule has 0 radical (unpaired) electrons. The summed E-state index contributed by atoms with van der Waals surface area (Å²) in [6, 6.07) is 13.2. The third-order valence-corrected chi connectivity index (χ3v) is 5.27. The normalized spacial score (nSPS) is 12.0. The number of carbonyl (C=O) groups is 1. The number of carbonyl (C=O) groups excluding carboxylic acids is 1. The van der Waals surface area contributed by atoms with Gasteiger partial charge in [-0.05, 0) is 65.4 Å². The predicted octanol–water partition coefficient (Wildman–Crippen LogP) is 4.62. The van der Waals surface area contributed by atoms with Crippen LogP contribution in [0.5, 0.6) is 0 Å². The molecule has 3 rings (SSSR count). The van der Waals surface area contributed by atoms with Crippen LogP contribution in [-0.2, 0) is 0 Å². The first-order valence-corrected chi connectivity index (χ1v) is 8.84. The molecule has 3 aromatic rings. The van der Waals surface area contributed by atoms with Crippen LogP contribution in [0, 0.1) is 3.57 Å². The Balaban J connectivity index is 1.71. The minimum atomic E-state index is -0.115. The minimum absolute atomic E-state index is 0.0947. The lowest BCUT2D eigenvalue weighted by Crippen LogP contribution is -2.26. The SMILES string of the molecule is CC(NC(=O)c1ccc(Cl)c(I)c1)c1ccc(-n2ccnc2)cc1. The summed E-state index contributed by atoms with van der Waals surface area (Å²) < 4.78 is 2.79. The number of amides is 1. The third kappa shape index (κ3) is 3.79. The molecule has 0 aliphatic rings. The Hall–Kier alpha value is -1.86. The van der Waals surface area contributed by atoms with Crippen molar-refractivity contribution in [1.29, 1.82) is 0 Å². The van der Waals surface area contributed by atoms with Crippen LogP contribution in [0.2, 0.25) is 5.02 Å². The molecule has 0 saturated carbocycles. The zero-order valence-electron chi connectivity index (χ0n) is 12.9. The monoisotopic (exact) mass is 451 g/mol. The van der Waals surface area contributed by atoms with E-state index in [2.05, 4.69) is 32.9 Å². The predicted molar refractivity (Wildman–Crippen MR) is 104 cm³/mol. The highest BCUT2D eigenvalue weighted by atomic mass is 127. The van der Waals surface area contributed by atoms with E-state index >= 15 is 0 Å². The van der Waals surface area contributed by atoms with Gasteiger partial charge in [0.1, 0.15) is 0 Å². The zero-order chi connectivity index (χ0) is 17.1. The first kappa shape index (κ1) is 17.0. The van der Waals surface area contributed by atoms with Crippen LogP contribution in [0.1, 0.15) is 28.9 Å². The molecule has 1 atom stereocenters. The van der Waals surface area contributed by atoms with Gasteiger partial charge in [-0.15, -0.1) is 0 Å². The highest BCUT2D eigenvalue weighted by Crippen LogP contribution is 2.20.